The molecule has 0 radical (unpaired) electrons. The fourth-order valence-electron chi connectivity index (χ4n) is 5.43. The molecule has 43 heavy (non-hydrogen) atoms. The summed E-state index contributed by atoms with van der Waals surface area (Å²) in [4.78, 5) is 33.0. The summed E-state index contributed by atoms with van der Waals surface area (Å²) in [5, 5.41) is 14.8. The number of benzene rings is 2. The van der Waals surface area contributed by atoms with Crippen molar-refractivity contribution in [1.82, 2.24) is 10.2 Å². The van der Waals surface area contributed by atoms with Crippen molar-refractivity contribution < 1.29 is 19.4 Å². The monoisotopic (exact) mass is 606 g/mol. The summed E-state index contributed by atoms with van der Waals surface area (Å²) >= 11 is 1.80. The molecule has 232 valence electrons. The van der Waals surface area contributed by atoms with E-state index in [0.717, 1.165) is 41.1 Å². The first kappa shape index (κ1) is 32.9. The summed E-state index contributed by atoms with van der Waals surface area (Å²) in [6.07, 6.45) is 5.83. The maximum atomic E-state index is 13.9. The number of likely N-dealkylation sites (tertiary alicyclic amines) is 1. The number of aliphatic hydroxyl groups excluding tert-OH is 1. The normalized spacial score (nSPS) is 22.2. The van der Waals surface area contributed by atoms with E-state index >= 15 is 0 Å². The molecule has 2 amide bonds. The molecule has 0 bridgehead atoms. The molecule has 1 fully saturated rings. The number of nitrogens with zero attached hydrogens (tertiary/aromatic N) is 2. The Balaban J connectivity index is 1.46. The molecule has 9 heteroatoms. The zero-order chi connectivity index (χ0) is 31.0. The minimum absolute atomic E-state index is 0.0292. The Morgan fingerprint density at radius 3 is 2.63 bits per heavy atom. The molecule has 4 unspecified atom stereocenters. The Labute approximate surface area is 260 Å². The predicted molar refractivity (Wildman–Crippen MR) is 174 cm³/mol. The van der Waals surface area contributed by atoms with Crippen LogP contribution in [0.15, 0.2) is 71.7 Å². The molecule has 2 aliphatic rings. The van der Waals surface area contributed by atoms with Gasteiger partial charge >= 0.3 is 0 Å². The molecule has 2 aliphatic heterocycles. The lowest BCUT2D eigenvalue weighted by Gasteiger charge is -2.32. The summed E-state index contributed by atoms with van der Waals surface area (Å²) in [5.74, 6) is -0.588. The molecular weight excluding hydrogens is 560 g/mol. The largest absolute Gasteiger partial charge is 0.395 e. The van der Waals surface area contributed by atoms with Crippen molar-refractivity contribution in [1.29, 1.82) is 0 Å². The average molecular weight is 607 g/mol. The lowest BCUT2D eigenvalue weighted by Crippen LogP contribution is -2.57. The van der Waals surface area contributed by atoms with Gasteiger partial charge in [-0.3, -0.25) is 14.6 Å². The molecule has 8 nitrogen and oxygen atoms in total. The first-order chi connectivity index (χ1) is 20.6. The number of amides is 2. The molecule has 0 spiro atoms. The van der Waals surface area contributed by atoms with Crippen molar-refractivity contribution >= 4 is 28.6 Å². The van der Waals surface area contributed by atoms with Crippen LogP contribution in [0.1, 0.15) is 57.2 Å². The molecule has 0 aliphatic carbocycles. The van der Waals surface area contributed by atoms with Gasteiger partial charge in [0.25, 0.3) is 0 Å². The zero-order valence-corrected chi connectivity index (χ0v) is 26.6. The third-order valence-corrected chi connectivity index (χ3v) is 9.19. The number of nitrogens with two attached hydrogens (primary N) is 1. The number of aliphatic hydroxyl groups is 1. The number of carbonyl (C=O) groups is 2. The second kappa shape index (κ2) is 15.1. The predicted octanol–water partition coefficient (Wildman–Crippen LogP) is 4.09. The second-order valence-electron chi connectivity index (χ2n) is 12.1. The van der Waals surface area contributed by atoms with Crippen LogP contribution in [0.4, 0.5) is 0 Å². The molecule has 2 heterocycles. The van der Waals surface area contributed by atoms with Crippen LogP contribution >= 0.6 is 11.8 Å². The highest BCUT2D eigenvalue weighted by Crippen LogP contribution is 2.30. The minimum Gasteiger partial charge on any atom is -0.395 e. The standard InChI is InChI=1S/C34H46N4O4S/c1-23-20-36-32(43-23)28-13-8-12-27(18-28)19-34(4,22-39)16-15-29-14-9-17-38(29)33(41)30(37-31(40)24(2)35)25(3)42-21-26-10-6-5-7-11-26/h5-8,10-13,15-16,18,23-25,29-30,39H,9,14,17,19-22,35H2,1-4H3,(H,37,40)/b16-15+/t23?,24?,25-,29?,30?,34+/m1/s1. The van der Waals surface area contributed by atoms with E-state index in [4.69, 9.17) is 10.5 Å². The molecule has 4 rings (SSSR count). The van der Waals surface area contributed by atoms with Gasteiger partial charge in [0.05, 0.1) is 43.0 Å². The fraction of sp³-hybridized carbons (Fsp3) is 0.500. The first-order valence-corrected chi connectivity index (χ1v) is 16.1. The number of nitrogens with one attached hydrogen (secondary N) is 1. The van der Waals surface area contributed by atoms with Crippen LogP contribution in [0.3, 0.4) is 0 Å². The van der Waals surface area contributed by atoms with Gasteiger partial charge in [-0.1, -0.05) is 74.5 Å². The third kappa shape index (κ3) is 9.01. The number of thioether (sulfide) groups is 1. The number of aliphatic imine (C=N–C) groups is 1. The Morgan fingerprint density at radius 1 is 1.21 bits per heavy atom. The maximum Gasteiger partial charge on any atom is 0.248 e. The summed E-state index contributed by atoms with van der Waals surface area (Å²) in [6, 6.07) is 16.4. The van der Waals surface area contributed by atoms with Gasteiger partial charge in [-0.2, -0.15) is 0 Å². The Morgan fingerprint density at radius 2 is 1.95 bits per heavy atom. The van der Waals surface area contributed by atoms with E-state index < -0.39 is 29.5 Å². The Bertz CT molecular complexity index is 1300. The van der Waals surface area contributed by atoms with E-state index in [2.05, 4.69) is 35.4 Å². The van der Waals surface area contributed by atoms with Crippen LogP contribution in [-0.2, 0) is 27.4 Å². The lowest BCUT2D eigenvalue weighted by atomic mass is 9.83. The van der Waals surface area contributed by atoms with E-state index in [1.807, 2.05) is 60.4 Å². The van der Waals surface area contributed by atoms with E-state index in [1.165, 1.54) is 0 Å². The van der Waals surface area contributed by atoms with Gasteiger partial charge in [0.1, 0.15) is 6.04 Å². The quantitative estimate of drug-likeness (QED) is 0.296. The van der Waals surface area contributed by atoms with Crippen LogP contribution in [0.5, 0.6) is 0 Å². The van der Waals surface area contributed by atoms with Gasteiger partial charge in [0.15, 0.2) is 0 Å². The number of ether oxygens (including phenoxy) is 1. The minimum atomic E-state index is -0.873. The highest BCUT2D eigenvalue weighted by atomic mass is 32.2. The van der Waals surface area contributed by atoms with Gasteiger partial charge in [-0.15, -0.1) is 11.8 Å². The van der Waals surface area contributed by atoms with Crippen LogP contribution < -0.4 is 11.1 Å². The summed E-state index contributed by atoms with van der Waals surface area (Å²) in [6.45, 7) is 9.34. The molecule has 2 aromatic rings. The number of carbonyl (C=O) groups excluding carboxylic acids is 2. The topological polar surface area (TPSA) is 117 Å². The zero-order valence-electron chi connectivity index (χ0n) is 25.7. The fourth-order valence-corrected chi connectivity index (χ4v) is 6.38. The molecule has 1 saturated heterocycles. The second-order valence-corrected chi connectivity index (χ2v) is 13.6. The van der Waals surface area contributed by atoms with Crippen molar-refractivity contribution in [2.24, 2.45) is 16.1 Å². The van der Waals surface area contributed by atoms with Crippen LogP contribution in [0.25, 0.3) is 0 Å². The van der Waals surface area contributed by atoms with E-state index in [0.29, 0.717) is 24.8 Å². The van der Waals surface area contributed by atoms with E-state index in [-0.39, 0.29) is 18.6 Å². The maximum absolute atomic E-state index is 13.9. The summed E-state index contributed by atoms with van der Waals surface area (Å²) < 4.78 is 6.07. The number of hydrogen-bond donors (Lipinski definition) is 3. The molecular formula is C34H46N4O4S. The smallest absolute Gasteiger partial charge is 0.248 e. The van der Waals surface area contributed by atoms with Crippen LogP contribution in [0, 0.1) is 5.41 Å². The third-order valence-electron chi connectivity index (χ3n) is 8.05. The van der Waals surface area contributed by atoms with Crippen molar-refractivity contribution in [3.63, 3.8) is 0 Å². The molecule has 0 saturated carbocycles. The van der Waals surface area contributed by atoms with Crippen LogP contribution in [0.2, 0.25) is 0 Å². The highest BCUT2D eigenvalue weighted by Gasteiger charge is 2.37. The Kier molecular flexibility index (Phi) is 11.6. The van der Waals surface area contributed by atoms with Gasteiger partial charge in [0, 0.05) is 22.8 Å². The Hall–Kier alpha value is -2.98. The first-order valence-electron chi connectivity index (χ1n) is 15.2. The van der Waals surface area contributed by atoms with E-state index in [1.54, 1.807) is 25.6 Å². The van der Waals surface area contributed by atoms with Crippen LogP contribution in [-0.4, -0.2) is 76.0 Å². The van der Waals surface area contributed by atoms with Gasteiger partial charge in [-0.05, 0) is 50.3 Å². The highest BCUT2D eigenvalue weighted by molar-refractivity contribution is 8.15. The van der Waals surface area contributed by atoms with Crippen molar-refractivity contribution in [3.8, 4) is 0 Å². The molecule has 4 N–H and O–H groups in total. The summed E-state index contributed by atoms with van der Waals surface area (Å²) in [5.41, 5.74) is 8.56. The van der Waals surface area contributed by atoms with Gasteiger partial charge < -0.3 is 25.8 Å². The molecule has 2 aromatic carbocycles. The number of hydrogen-bond acceptors (Lipinski definition) is 7. The SMILES string of the molecule is CC1CN=C(c2cccc(C[C@](C)(/C=C/C3CCCN3C(=O)C(NC(=O)C(C)N)[C@@H](C)OCc3ccccc3)CO)c2)S1. The average Bonchev–Trinajstić information content (AvgIpc) is 3.67. The number of rotatable bonds is 13. The molecule has 0 aromatic heterocycles. The lowest BCUT2D eigenvalue weighted by molar-refractivity contribution is -0.141. The molecule has 6 atom stereocenters. The van der Waals surface area contributed by atoms with Crippen molar-refractivity contribution in [2.45, 2.75) is 83.0 Å². The van der Waals surface area contributed by atoms with Crippen molar-refractivity contribution in [3.05, 3.63) is 83.4 Å². The summed E-state index contributed by atoms with van der Waals surface area (Å²) in [7, 11) is 0. The van der Waals surface area contributed by atoms with Crippen molar-refractivity contribution in [2.75, 3.05) is 19.7 Å². The van der Waals surface area contributed by atoms with Gasteiger partial charge in [-0.25, -0.2) is 0 Å². The van der Waals surface area contributed by atoms with Gasteiger partial charge in [0.2, 0.25) is 11.8 Å². The van der Waals surface area contributed by atoms with E-state index in [9.17, 15) is 14.7 Å².